The smallest absolute Gasteiger partial charge is 0.170 e. The third-order valence-electron chi connectivity index (χ3n) is 2.32. The van der Waals surface area contributed by atoms with Gasteiger partial charge < -0.3 is 14.6 Å². The van der Waals surface area contributed by atoms with Crippen LogP contribution in [0.15, 0.2) is 0 Å². The highest BCUT2D eigenvalue weighted by Gasteiger charge is 2.38. The van der Waals surface area contributed by atoms with Gasteiger partial charge in [0.05, 0.1) is 19.8 Å². The van der Waals surface area contributed by atoms with E-state index in [-0.39, 0.29) is 12.5 Å². The summed E-state index contributed by atoms with van der Waals surface area (Å²) in [6.07, 6.45) is 0.882. The zero-order valence-electron chi connectivity index (χ0n) is 7.17. The molecule has 1 atom stereocenters. The van der Waals surface area contributed by atoms with Crippen LogP contribution in [0, 0.1) is 5.92 Å². The van der Waals surface area contributed by atoms with Crippen LogP contribution in [-0.2, 0) is 9.47 Å². The summed E-state index contributed by atoms with van der Waals surface area (Å²) >= 11 is 0. The van der Waals surface area contributed by atoms with Crippen molar-refractivity contribution in [2.75, 3.05) is 19.8 Å². The van der Waals surface area contributed by atoms with E-state index in [0.29, 0.717) is 13.2 Å². The van der Waals surface area contributed by atoms with E-state index in [4.69, 9.17) is 14.6 Å². The number of ether oxygens (including phenoxy) is 2. The van der Waals surface area contributed by atoms with Crippen molar-refractivity contribution in [1.82, 2.24) is 0 Å². The first-order valence-electron chi connectivity index (χ1n) is 4.11. The summed E-state index contributed by atoms with van der Waals surface area (Å²) in [5, 5.41) is 8.99. The summed E-state index contributed by atoms with van der Waals surface area (Å²) in [6.45, 7) is 5.34. The molecule has 1 heterocycles. The topological polar surface area (TPSA) is 38.7 Å². The van der Waals surface area contributed by atoms with Crippen molar-refractivity contribution >= 4 is 0 Å². The molecule has 0 radical (unpaired) electrons. The van der Waals surface area contributed by atoms with Crippen molar-refractivity contribution in [2.24, 2.45) is 5.92 Å². The fraction of sp³-hybridized carbons (Fsp3) is 1.00. The predicted molar refractivity (Wildman–Crippen MR) is 41.2 cm³/mol. The van der Waals surface area contributed by atoms with Gasteiger partial charge in [0.2, 0.25) is 0 Å². The maximum atomic E-state index is 8.99. The molecule has 1 rings (SSSR count). The summed E-state index contributed by atoms with van der Waals surface area (Å²) in [7, 11) is 0. The Hall–Kier alpha value is -0.120. The van der Waals surface area contributed by atoms with E-state index in [1.165, 1.54) is 0 Å². The fourth-order valence-electron chi connectivity index (χ4n) is 1.43. The molecule has 66 valence electrons. The molecule has 0 aromatic heterocycles. The Morgan fingerprint density at radius 3 is 2.36 bits per heavy atom. The number of rotatable bonds is 3. The van der Waals surface area contributed by atoms with E-state index in [1.54, 1.807) is 0 Å². The summed E-state index contributed by atoms with van der Waals surface area (Å²) in [5.74, 6) is -0.436. The summed E-state index contributed by atoms with van der Waals surface area (Å²) < 4.78 is 10.8. The van der Waals surface area contributed by atoms with E-state index in [1.807, 2.05) is 13.8 Å². The highest BCUT2D eigenvalue weighted by atomic mass is 16.7. The Morgan fingerprint density at radius 1 is 1.45 bits per heavy atom. The third-order valence-corrected chi connectivity index (χ3v) is 2.32. The molecule has 1 aliphatic rings. The first-order valence-corrected chi connectivity index (χ1v) is 4.11. The summed E-state index contributed by atoms with van der Waals surface area (Å²) in [6, 6.07) is 0. The largest absolute Gasteiger partial charge is 0.396 e. The average molecular weight is 160 g/mol. The minimum Gasteiger partial charge on any atom is -0.396 e. The zero-order valence-corrected chi connectivity index (χ0v) is 7.17. The molecular weight excluding hydrogens is 144 g/mol. The third kappa shape index (κ3) is 1.72. The van der Waals surface area contributed by atoms with Crippen molar-refractivity contribution in [3.63, 3.8) is 0 Å². The highest BCUT2D eigenvalue weighted by molar-refractivity contribution is 4.76. The van der Waals surface area contributed by atoms with E-state index in [9.17, 15) is 0 Å². The number of aliphatic hydroxyl groups is 1. The van der Waals surface area contributed by atoms with Crippen molar-refractivity contribution in [3.8, 4) is 0 Å². The molecule has 0 amide bonds. The van der Waals surface area contributed by atoms with Crippen LogP contribution in [0.5, 0.6) is 0 Å². The van der Waals surface area contributed by atoms with Gasteiger partial charge in [-0.25, -0.2) is 0 Å². The molecule has 3 heteroatoms. The SMILES string of the molecule is CC[C@@H](CO)C1(C)OCCO1. The van der Waals surface area contributed by atoms with Crippen LogP contribution < -0.4 is 0 Å². The molecule has 0 bridgehead atoms. The fourth-order valence-corrected chi connectivity index (χ4v) is 1.43. The van der Waals surface area contributed by atoms with Crippen LogP contribution in [-0.4, -0.2) is 30.7 Å². The van der Waals surface area contributed by atoms with Gasteiger partial charge in [-0.05, 0) is 13.3 Å². The number of aliphatic hydroxyl groups excluding tert-OH is 1. The van der Waals surface area contributed by atoms with Gasteiger partial charge in [-0.1, -0.05) is 6.92 Å². The van der Waals surface area contributed by atoms with Crippen LogP contribution in [0.25, 0.3) is 0 Å². The monoisotopic (exact) mass is 160 g/mol. The lowest BCUT2D eigenvalue weighted by molar-refractivity contribution is -0.189. The molecule has 0 aromatic rings. The molecule has 0 unspecified atom stereocenters. The molecule has 1 N–H and O–H groups in total. The quantitative estimate of drug-likeness (QED) is 0.662. The second-order valence-corrected chi connectivity index (χ2v) is 3.00. The van der Waals surface area contributed by atoms with E-state index in [0.717, 1.165) is 6.42 Å². The second kappa shape index (κ2) is 3.52. The van der Waals surface area contributed by atoms with Crippen molar-refractivity contribution in [1.29, 1.82) is 0 Å². The van der Waals surface area contributed by atoms with Gasteiger partial charge in [0.1, 0.15) is 0 Å². The lowest BCUT2D eigenvalue weighted by atomic mass is 9.98. The Balaban J connectivity index is 2.53. The van der Waals surface area contributed by atoms with Crippen LogP contribution >= 0.6 is 0 Å². The highest BCUT2D eigenvalue weighted by Crippen LogP contribution is 2.29. The molecule has 11 heavy (non-hydrogen) atoms. The van der Waals surface area contributed by atoms with Gasteiger partial charge in [-0.3, -0.25) is 0 Å². The molecule has 3 nitrogen and oxygen atoms in total. The first kappa shape index (κ1) is 8.97. The predicted octanol–water partition coefficient (Wildman–Crippen LogP) is 0.768. The van der Waals surface area contributed by atoms with Gasteiger partial charge in [-0.15, -0.1) is 0 Å². The number of hydrogen-bond acceptors (Lipinski definition) is 3. The Morgan fingerprint density at radius 2 is 2.00 bits per heavy atom. The van der Waals surface area contributed by atoms with Crippen molar-refractivity contribution < 1.29 is 14.6 Å². The summed E-state index contributed by atoms with van der Waals surface area (Å²) in [5.41, 5.74) is 0. The minimum atomic E-state index is -0.538. The van der Waals surface area contributed by atoms with Crippen LogP contribution in [0.3, 0.4) is 0 Å². The van der Waals surface area contributed by atoms with E-state index >= 15 is 0 Å². The number of hydrogen-bond donors (Lipinski definition) is 1. The molecule has 1 fully saturated rings. The van der Waals surface area contributed by atoms with Crippen LogP contribution in [0.1, 0.15) is 20.3 Å². The standard InChI is InChI=1S/C8H16O3/c1-3-7(6-9)8(2)10-4-5-11-8/h7,9H,3-6H2,1-2H3/t7-/m0/s1. The maximum absolute atomic E-state index is 8.99. The van der Waals surface area contributed by atoms with Crippen LogP contribution in [0.4, 0.5) is 0 Å². The molecular formula is C8H16O3. The lowest BCUT2D eigenvalue weighted by Crippen LogP contribution is -2.37. The maximum Gasteiger partial charge on any atom is 0.170 e. The van der Waals surface area contributed by atoms with Gasteiger partial charge in [0, 0.05) is 5.92 Å². The second-order valence-electron chi connectivity index (χ2n) is 3.00. The van der Waals surface area contributed by atoms with E-state index in [2.05, 4.69) is 0 Å². The Kier molecular flexibility index (Phi) is 2.87. The first-order chi connectivity index (χ1) is 5.23. The van der Waals surface area contributed by atoms with Gasteiger partial charge in [-0.2, -0.15) is 0 Å². The molecule has 0 saturated carbocycles. The van der Waals surface area contributed by atoms with Gasteiger partial charge in [0.15, 0.2) is 5.79 Å². The molecule has 1 aliphatic heterocycles. The summed E-state index contributed by atoms with van der Waals surface area (Å²) in [4.78, 5) is 0. The normalized spacial score (nSPS) is 25.4. The molecule has 1 saturated heterocycles. The van der Waals surface area contributed by atoms with Gasteiger partial charge in [0.25, 0.3) is 0 Å². The minimum absolute atomic E-state index is 0.102. The molecule has 0 spiro atoms. The lowest BCUT2D eigenvalue weighted by Gasteiger charge is -2.29. The van der Waals surface area contributed by atoms with Crippen molar-refractivity contribution in [3.05, 3.63) is 0 Å². The average Bonchev–Trinajstić information content (AvgIpc) is 2.39. The van der Waals surface area contributed by atoms with Crippen molar-refractivity contribution in [2.45, 2.75) is 26.1 Å². The van der Waals surface area contributed by atoms with Gasteiger partial charge >= 0.3 is 0 Å². The molecule has 0 aliphatic carbocycles. The molecule has 0 aromatic carbocycles. The van der Waals surface area contributed by atoms with Crippen LogP contribution in [0.2, 0.25) is 0 Å². The zero-order chi connectivity index (χ0) is 8.32. The van der Waals surface area contributed by atoms with E-state index < -0.39 is 5.79 Å². The Labute approximate surface area is 67.3 Å². The Bertz CT molecular complexity index is 115.